The van der Waals surface area contributed by atoms with Crippen LogP contribution in [0, 0.1) is 29.1 Å². The van der Waals surface area contributed by atoms with Gasteiger partial charge in [0.25, 0.3) is 0 Å². The molecule has 2 amide bonds. The van der Waals surface area contributed by atoms with Crippen molar-refractivity contribution in [1.82, 2.24) is 10.6 Å². The maximum Gasteiger partial charge on any atom is 0.456 e. The molecule has 1 aromatic rings. The van der Waals surface area contributed by atoms with E-state index in [1.54, 1.807) is 37.3 Å². The van der Waals surface area contributed by atoms with E-state index >= 15 is 8.78 Å². The molecule has 254 valence electrons. The Labute approximate surface area is 270 Å². The van der Waals surface area contributed by atoms with Crippen LogP contribution in [0.15, 0.2) is 47.1 Å². The molecular weight excluding hydrogens is 623 g/mol. The van der Waals surface area contributed by atoms with Crippen LogP contribution in [0.5, 0.6) is 0 Å². The Kier molecular flexibility index (Phi) is 9.62. The molecule has 0 bridgehead atoms. The highest BCUT2D eigenvalue weighted by molar-refractivity contribution is 5.93. The quantitative estimate of drug-likeness (QED) is 0.186. The lowest BCUT2D eigenvalue weighted by atomic mass is 9.50. The summed E-state index contributed by atoms with van der Waals surface area (Å²) in [5.41, 5.74) is -0.770. The Balaban J connectivity index is 1.39. The minimum Gasteiger partial charge on any atom is -0.466 e. The summed E-state index contributed by atoms with van der Waals surface area (Å²) in [4.78, 5) is 35.5. The number of benzene rings is 1. The normalized spacial score (nSPS) is 28.6. The number of allylic oxidation sites excluding steroid dienone is 4. The van der Waals surface area contributed by atoms with E-state index in [0.717, 1.165) is 16.7 Å². The minimum atomic E-state index is -5.90. The van der Waals surface area contributed by atoms with Crippen molar-refractivity contribution in [1.29, 1.82) is 0 Å². The fourth-order valence-corrected chi connectivity index (χ4v) is 8.36. The standard InChI is InChI=1S/C35H39F5N2O5/c1-3-47-29(44)15-18-42-31(45)41-17-4-5-21-6-8-22(9-7-21)27-20-32(2)28(14-16-33(32,46)34(36,37)35(38,39)40)26-12-10-23-19-24(43)11-13-25(23)30(26)27/h6-9,19,26-28,46H,3,10-18,20H2,1-2H3,(H2,41,42,45)/t26-,27+,28-,32-,33-/m0/s1. The minimum absolute atomic E-state index is 0.0200. The van der Waals surface area contributed by atoms with E-state index in [1.807, 2.05) is 0 Å². The van der Waals surface area contributed by atoms with Gasteiger partial charge in [-0.2, -0.15) is 22.0 Å². The molecule has 12 heteroatoms. The van der Waals surface area contributed by atoms with Crippen molar-refractivity contribution >= 4 is 17.8 Å². The Morgan fingerprint density at radius 2 is 1.79 bits per heavy atom. The first-order valence-corrected chi connectivity index (χ1v) is 16.0. The predicted octanol–water partition coefficient (Wildman–Crippen LogP) is 6.12. The van der Waals surface area contributed by atoms with E-state index in [-0.39, 0.29) is 50.7 Å². The van der Waals surface area contributed by atoms with Gasteiger partial charge in [-0.05, 0) is 92.2 Å². The zero-order valence-electron chi connectivity index (χ0n) is 26.4. The molecule has 4 aliphatic rings. The molecule has 0 spiro atoms. The Morgan fingerprint density at radius 1 is 1.06 bits per heavy atom. The number of carbonyl (C=O) groups excluding carboxylic acids is 3. The number of alkyl halides is 5. The number of hydrogen-bond acceptors (Lipinski definition) is 5. The highest BCUT2D eigenvalue weighted by Crippen LogP contribution is 2.70. The number of halogens is 5. The predicted molar refractivity (Wildman–Crippen MR) is 162 cm³/mol. The lowest BCUT2D eigenvalue weighted by Gasteiger charge is -2.56. The van der Waals surface area contributed by atoms with Crippen LogP contribution in [-0.4, -0.2) is 60.3 Å². The molecule has 0 radical (unpaired) electrons. The fraction of sp³-hybridized carbons (Fsp3) is 0.571. The number of hydrogen-bond donors (Lipinski definition) is 3. The number of nitrogens with one attached hydrogen (secondary N) is 2. The molecule has 0 saturated heterocycles. The van der Waals surface area contributed by atoms with Crippen LogP contribution in [0.25, 0.3) is 0 Å². The van der Waals surface area contributed by atoms with Crippen LogP contribution in [0.3, 0.4) is 0 Å². The molecule has 5 atom stereocenters. The molecule has 3 N–H and O–H groups in total. The third-order valence-electron chi connectivity index (χ3n) is 10.6. The van der Waals surface area contributed by atoms with Gasteiger partial charge in [0.1, 0.15) is 5.60 Å². The number of amides is 2. The lowest BCUT2D eigenvalue weighted by Crippen LogP contribution is -2.65. The first-order valence-electron chi connectivity index (χ1n) is 16.0. The average molecular weight is 663 g/mol. The van der Waals surface area contributed by atoms with Gasteiger partial charge in [0.2, 0.25) is 0 Å². The molecule has 47 heavy (non-hydrogen) atoms. The average Bonchev–Trinajstić information content (AvgIpc) is 3.30. The number of esters is 1. The van der Waals surface area contributed by atoms with Gasteiger partial charge in [-0.15, -0.1) is 0 Å². The number of ketones is 1. The van der Waals surface area contributed by atoms with Gasteiger partial charge >= 0.3 is 24.1 Å². The summed E-state index contributed by atoms with van der Waals surface area (Å²) < 4.78 is 76.5. The Bertz CT molecular complexity index is 1540. The summed E-state index contributed by atoms with van der Waals surface area (Å²) >= 11 is 0. The maximum absolute atomic E-state index is 15.2. The second-order valence-corrected chi connectivity index (χ2v) is 13.1. The zero-order chi connectivity index (χ0) is 34.2. The maximum atomic E-state index is 15.2. The number of aliphatic hydroxyl groups is 1. The van der Waals surface area contributed by atoms with Crippen LogP contribution >= 0.6 is 0 Å². The van der Waals surface area contributed by atoms with Gasteiger partial charge in [-0.25, -0.2) is 4.79 Å². The van der Waals surface area contributed by atoms with Crippen molar-refractivity contribution in [2.24, 2.45) is 17.3 Å². The van der Waals surface area contributed by atoms with E-state index in [2.05, 4.69) is 22.5 Å². The number of rotatable bonds is 7. The molecule has 0 aromatic heterocycles. The van der Waals surface area contributed by atoms with Gasteiger partial charge in [0.15, 0.2) is 5.78 Å². The summed E-state index contributed by atoms with van der Waals surface area (Å²) in [5.74, 6) is -1.34. The third kappa shape index (κ3) is 6.31. The Morgan fingerprint density at radius 3 is 2.47 bits per heavy atom. The van der Waals surface area contributed by atoms with Gasteiger partial charge in [0, 0.05) is 29.9 Å². The number of carbonyl (C=O) groups is 3. The van der Waals surface area contributed by atoms with E-state index in [9.17, 15) is 32.7 Å². The van der Waals surface area contributed by atoms with Crippen LogP contribution < -0.4 is 10.6 Å². The summed E-state index contributed by atoms with van der Waals surface area (Å²) in [5, 5.41) is 16.5. The van der Waals surface area contributed by atoms with Crippen molar-refractivity contribution in [2.45, 2.75) is 88.8 Å². The van der Waals surface area contributed by atoms with E-state index in [0.29, 0.717) is 36.8 Å². The van der Waals surface area contributed by atoms with Gasteiger partial charge in [-0.3, -0.25) is 9.59 Å². The molecule has 5 rings (SSSR count). The van der Waals surface area contributed by atoms with Crippen LogP contribution in [0.4, 0.5) is 26.7 Å². The van der Waals surface area contributed by atoms with E-state index in [4.69, 9.17) is 4.74 Å². The van der Waals surface area contributed by atoms with Crippen LogP contribution in [0.1, 0.15) is 82.3 Å². The summed E-state index contributed by atoms with van der Waals surface area (Å²) in [6.45, 7) is 3.47. The largest absolute Gasteiger partial charge is 0.466 e. The van der Waals surface area contributed by atoms with Crippen molar-refractivity contribution in [3.8, 4) is 11.8 Å². The molecule has 0 aliphatic heterocycles. The van der Waals surface area contributed by atoms with Crippen molar-refractivity contribution in [3.63, 3.8) is 0 Å². The van der Waals surface area contributed by atoms with E-state index in [1.165, 1.54) is 6.92 Å². The van der Waals surface area contributed by atoms with Crippen molar-refractivity contribution in [3.05, 3.63) is 58.2 Å². The van der Waals surface area contributed by atoms with Crippen LogP contribution in [-0.2, 0) is 14.3 Å². The topological polar surface area (TPSA) is 105 Å². The second kappa shape index (κ2) is 13.1. The molecule has 2 saturated carbocycles. The zero-order valence-corrected chi connectivity index (χ0v) is 26.4. The number of urea groups is 1. The monoisotopic (exact) mass is 662 g/mol. The Hall–Kier alpha value is -3.72. The molecule has 7 nitrogen and oxygen atoms in total. The molecule has 0 unspecified atom stereocenters. The summed E-state index contributed by atoms with van der Waals surface area (Å²) in [6.07, 6.45) is -3.07. The summed E-state index contributed by atoms with van der Waals surface area (Å²) in [7, 11) is 0. The fourth-order valence-electron chi connectivity index (χ4n) is 8.36. The molecule has 1 aromatic carbocycles. The van der Waals surface area contributed by atoms with Gasteiger partial charge in [0.05, 0.1) is 19.6 Å². The SMILES string of the molecule is CCOC(=O)CCNC(=O)NCC#Cc1ccc([C@H]2C[C@@]3(C)[C@@H](CC[C@@]3(O)C(F)(F)C(F)(F)F)[C@@H]3CCC4=CC(=O)CCC4=C32)cc1. The number of ether oxygens (including phenoxy) is 1. The number of fused-ring (bicyclic) bond motifs is 4. The van der Waals surface area contributed by atoms with Gasteiger partial charge < -0.3 is 20.5 Å². The highest BCUT2D eigenvalue weighted by atomic mass is 19.4. The first kappa shape index (κ1) is 34.6. The summed E-state index contributed by atoms with van der Waals surface area (Å²) in [6, 6.07) is 6.51. The first-order chi connectivity index (χ1) is 22.1. The van der Waals surface area contributed by atoms with E-state index < -0.39 is 53.4 Å². The molecule has 0 heterocycles. The lowest BCUT2D eigenvalue weighted by molar-refractivity contribution is -0.362. The van der Waals surface area contributed by atoms with Crippen molar-refractivity contribution < 1.29 is 46.2 Å². The molecular formula is C35H39F5N2O5. The molecule has 4 aliphatic carbocycles. The smallest absolute Gasteiger partial charge is 0.456 e. The molecule has 2 fully saturated rings. The highest BCUT2D eigenvalue weighted by Gasteiger charge is 2.79. The van der Waals surface area contributed by atoms with Crippen molar-refractivity contribution in [2.75, 3.05) is 19.7 Å². The second-order valence-electron chi connectivity index (χ2n) is 13.1. The van der Waals surface area contributed by atoms with Crippen LogP contribution in [0.2, 0.25) is 0 Å². The third-order valence-corrected chi connectivity index (χ3v) is 10.6. The van der Waals surface area contributed by atoms with Gasteiger partial charge in [-0.1, -0.05) is 36.5 Å².